The van der Waals surface area contributed by atoms with Crippen molar-refractivity contribution in [2.75, 3.05) is 24.2 Å². The second-order valence-electron chi connectivity index (χ2n) is 6.84. The van der Waals surface area contributed by atoms with Gasteiger partial charge in [0.25, 0.3) is 5.91 Å². The van der Waals surface area contributed by atoms with Gasteiger partial charge in [-0.3, -0.25) is 4.79 Å². The van der Waals surface area contributed by atoms with E-state index >= 15 is 0 Å². The highest BCUT2D eigenvalue weighted by Crippen LogP contribution is 2.21. The maximum Gasteiger partial charge on any atom is 0.319 e. The summed E-state index contributed by atoms with van der Waals surface area (Å²) in [4.78, 5) is 25.1. The predicted octanol–water partition coefficient (Wildman–Crippen LogP) is 5.17. The third-order valence-corrected chi connectivity index (χ3v) is 5.24. The van der Waals surface area contributed by atoms with Crippen LogP contribution in [0.3, 0.4) is 0 Å². The van der Waals surface area contributed by atoms with E-state index in [-0.39, 0.29) is 22.8 Å². The van der Waals surface area contributed by atoms with Gasteiger partial charge in [-0.25, -0.2) is 9.18 Å². The standard InChI is InChI=1S/C21H25ClFN3O2S/c1-14(2)13-25-20(27)18-9-6-16(12-19(18)22)26-21(28)24-10-3-11-29-17-7-4-15(23)5-8-17/h4-9,12,14H,3,10-11,13H2,1-2H3,(H,25,27)(H2,24,26,28). The fourth-order valence-electron chi connectivity index (χ4n) is 2.34. The van der Waals surface area contributed by atoms with Gasteiger partial charge < -0.3 is 16.0 Å². The first kappa shape index (κ1) is 23.0. The second kappa shape index (κ2) is 11.7. The number of nitrogens with one attached hydrogen (secondary N) is 3. The number of urea groups is 1. The summed E-state index contributed by atoms with van der Waals surface area (Å²) in [5.74, 6) is 0.657. The van der Waals surface area contributed by atoms with Crippen molar-refractivity contribution < 1.29 is 14.0 Å². The molecule has 0 aliphatic carbocycles. The lowest BCUT2D eigenvalue weighted by Gasteiger charge is -2.11. The zero-order valence-electron chi connectivity index (χ0n) is 16.4. The van der Waals surface area contributed by atoms with Crippen molar-refractivity contribution in [1.82, 2.24) is 10.6 Å². The lowest BCUT2D eigenvalue weighted by atomic mass is 10.1. The minimum Gasteiger partial charge on any atom is -0.352 e. The van der Waals surface area contributed by atoms with Crippen molar-refractivity contribution in [3.8, 4) is 0 Å². The smallest absolute Gasteiger partial charge is 0.319 e. The van der Waals surface area contributed by atoms with Crippen LogP contribution >= 0.6 is 23.4 Å². The Kier molecular flexibility index (Phi) is 9.28. The molecule has 5 nitrogen and oxygen atoms in total. The molecule has 29 heavy (non-hydrogen) atoms. The van der Waals surface area contributed by atoms with E-state index in [2.05, 4.69) is 16.0 Å². The van der Waals surface area contributed by atoms with E-state index in [0.29, 0.717) is 30.3 Å². The molecule has 156 valence electrons. The first-order valence-electron chi connectivity index (χ1n) is 9.36. The molecule has 2 aromatic carbocycles. The summed E-state index contributed by atoms with van der Waals surface area (Å²) < 4.78 is 12.9. The summed E-state index contributed by atoms with van der Waals surface area (Å²) in [6, 6.07) is 10.8. The molecular weight excluding hydrogens is 413 g/mol. The van der Waals surface area contributed by atoms with Crippen LogP contribution in [0.2, 0.25) is 5.02 Å². The molecule has 8 heteroatoms. The lowest BCUT2D eigenvalue weighted by Crippen LogP contribution is -2.30. The Bertz CT molecular complexity index is 831. The van der Waals surface area contributed by atoms with E-state index in [1.54, 1.807) is 42.1 Å². The Morgan fingerprint density at radius 3 is 2.48 bits per heavy atom. The second-order valence-corrected chi connectivity index (χ2v) is 8.41. The number of halogens is 2. The highest BCUT2D eigenvalue weighted by molar-refractivity contribution is 7.99. The van der Waals surface area contributed by atoms with Gasteiger partial charge in [-0.1, -0.05) is 25.4 Å². The normalized spacial score (nSPS) is 10.7. The average molecular weight is 438 g/mol. The number of carbonyl (C=O) groups is 2. The molecule has 0 aromatic heterocycles. The molecule has 3 amide bonds. The predicted molar refractivity (Wildman–Crippen MR) is 117 cm³/mol. The number of benzene rings is 2. The molecule has 0 atom stereocenters. The van der Waals surface area contributed by atoms with Crippen molar-refractivity contribution >= 4 is 41.0 Å². The molecule has 0 aliphatic rings. The molecule has 0 heterocycles. The largest absolute Gasteiger partial charge is 0.352 e. The quantitative estimate of drug-likeness (QED) is 0.374. The van der Waals surface area contributed by atoms with Crippen LogP contribution in [0.5, 0.6) is 0 Å². The van der Waals surface area contributed by atoms with Crippen LogP contribution in [-0.4, -0.2) is 30.8 Å². The number of carbonyl (C=O) groups excluding carboxylic acids is 2. The molecule has 0 unspecified atom stereocenters. The van der Waals surface area contributed by atoms with Gasteiger partial charge in [0.1, 0.15) is 5.82 Å². The summed E-state index contributed by atoms with van der Waals surface area (Å²) in [6.07, 6.45) is 0.769. The van der Waals surface area contributed by atoms with E-state index in [4.69, 9.17) is 11.6 Å². The third-order valence-electron chi connectivity index (χ3n) is 3.83. The number of thioether (sulfide) groups is 1. The summed E-state index contributed by atoms with van der Waals surface area (Å²) in [5, 5.41) is 8.56. The fourth-order valence-corrected chi connectivity index (χ4v) is 3.46. The Labute approximate surface area is 179 Å². The van der Waals surface area contributed by atoms with Crippen LogP contribution in [-0.2, 0) is 0 Å². The maximum absolute atomic E-state index is 12.9. The van der Waals surface area contributed by atoms with Crippen LogP contribution in [0.4, 0.5) is 14.9 Å². The van der Waals surface area contributed by atoms with Crippen molar-refractivity contribution in [2.45, 2.75) is 25.2 Å². The van der Waals surface area contributed by atoms with Crippen molar-refractivity contribution in [1.29, 1.82) is 0 Å². The fraction of sp³-hybridized carbons (Fsp3) is 0.333. The first-order valence-corrected chi connectivity index (χ1v) is 10.7. The lowest BCUT2D eigenvalue weighted by molar-refractivity contribution is 0.0949. The topological polar surface area (TPSA) is 70.2 Å². The molecule has 0 saturated heterocycles. The molecule has 0 fully saturated rings. The van der Waals surface area contributed by atoms with Crippen LogP contribution < -0.4 is 16.0 Å². The molecule has 2 rings (SSSR count). The summed E-state index contributed by atoms with van der Waals surface area (Å²) >= 11 is 7.78. The van der Waals surface area contributed by atoms with Gasteiger partial charge in [0, 0.05) is 23.7 Å². The molecule has 0 radical (unpaired) electrons. The van der Waals surface area contributed by atoms with Gasteiger partial charge in [0.15, 0.2) is 0 Å². The highest BCUT2D eigenvalue weighted by Gasteiger charge is 2.12. The average Bonchev–Trinajstić information content (AvgIpc) is 2.67. The monoisotopic (exact) mass is 437 g/mol. The molecule has 0 spiro atoms. The minimum atomic E-state index is -0.343. The van der Waals surface area contributed by atoms with E-state index in [0.717, 1.165) is 17.1 Å². The third kappa shape index (κ3) is 8.33. The SMILES string of the molecule is CC(C)CNC(=O)c1ccc(NC(=O)NCCCSc2ccc(F)cc2)cc1Cl. The summed E-state index contributed by atoms with van der Waals surface area (Å²) in [7, 11) is 0. The van der Waals surface area contributed by atoms with E-state index in [1.807, 2.05) is 13.8 Å². The van der Waals surface area contributed by atoms with Crippen LogP contribution in [0, 0.1) is 11.7 Å². The summed E-state index contributed by atoms with van der Waals surface area (Å²) in [5.41, 5.74) is 0.879. The van der Waals surface area contributed by atoms with E-state index < -0.39 is 0 Å². The van der Waals surface area contributed by atoms with Crippen LogP contribution in [0.1, 0.15) is 30.6 Å². The molecule has 3 N–H and O–H groups in total. The van der Waals surface area contributed by atoms with Crippen molar-refractivity contribution in [3.63, 3.8) is 0 Å². The van der Waals surface area contributed by atoms with Crippen LogP contribution in [0.25, 0.3) is 0 Å². The Morgan fingerprint density at radius 1 is 1.10 bits per heavy atom. The molecule has 2 aromatic rings. The molecule has 0 bridgehead atoms. The Balaban J connectivity index is 1.72. The van der Waals surface area contributed by atoms with Crippen molar-refractivity contribution in [3.05, 3.63) is 58.9 Å². The first-order chi connectivity index (χ1) is 13.8. The summed E-state index contributed by atoms with van der Waals surface area (Å²) in [6.45, 7) is 5.09. The van der Waals surface area contributed by atoms with Gasteiger partial charge in [-0.05, 0) is 60.6 Å². The van der Waals surface area contributed by atoms with Gasteiger partial charge in [-0.15, -0.1) is 11.8 Å². The number of anilines is 1. The number of amides is 3. The van der Waals surface area contributed by atoms with Gasteiger partial charge in [0.2, 0.25) is 0 Å². The van der Waals surface area contributed by atoms with Crippen molar-refractivity contribution in [2.24, 2.45) is 5.92 Å². The minimum absolute atomic E-state index is 0.238. The highest BCUT2D eigenvalue weighted by atomic mass is 35.5. The number of hydrogen-bond donors (Lipinski definition) is 3. The van der Waals surface area contributed by atoms with E-state index in [1.165, 1.54) is 12.1 Å². The van der Waals surface area contributed by atoms with Gasteiger partial charge in [0.05, 0.1) is 10.6 Å². The zero-order valence-corrected chi connectivity index (χ0v) is 18.0. The number of hydrogen-bond acceptors (Lipinski definition) is 3. The molecular formula is C21H25ClFN3O2S. The zero-order chi connectivity index (χ0) is 21.2. The molecule has 0 aliphatic heterocycles. The Morgan fingerprint density at radius 2 is 1.83 bits per heavy atom. The maximum atomic E-state index is 12.9. The van der Waals surface area contributed by atoms with Crippen LogP contribution in [0.15, 0.2) is 47.4 Å². The molecule has 0 saturated carbocycles. The van der Waals surface area contributed by atoms with Gasteiger partial charge >= 0.3 is 6.03 Å². The number of rotatable bonds is 9. The van der Waals surface area contributed by atoms with E-state index in [9.17, 15) is 14.0 Å². The van der Waals surface area contributed by atoms with Gasteiger partial charge in [-0.2, -0.15) is 0 Å². The Hall–Kier alpha value is -2.25.